The lowest BCUT2D eigenvalue weighted by atomic mass is 10.4. The Hall–Kier alpha value is -2.31. The maximum absolute atomic E-state index is 12.4. The molecule has 0 aliphatic heterocycles. The summed E-state index contributed by atoms with van der Waals surface area (Å²) in [5.74, 6) is 0.688. The van der Waals surface area contributed by atoms with Crippen LogP contribution in [0.3, 0.4) is 0 Å². The van der Waals surface area contributed by atoms with Gasteiger partial charge in [-0.05, 0) is 13.8 Å². The van der Waals surface area contributed by atoms with Gasteiger partial charge >= 0.3 is 5.69 Å². The number of rotatable bonds is 5. The Morgan fingerprint density at radius 3 is 2.33 bits per heavy atom. The van der Waals surface area contributed by atoms with Crippen LogP contribution in [0.4, 0.5) is 5.95 Å². The minimum absolute atomic E-state index is 0.333. The molecular formula is C14H21N5O2. The van der Waals surface area contributed by atoms with E-state index in [1.54, 1.807) is 13.1 Å². The van der Waals surface area contributed by atoms with E-state index in [-0.39, 0.29) is 11.2 Å². The maximum atomic E-state index is 12.4. The van der Waals surface area contributed by atoms with Gasteiger partial charge < -0.3 is 9.47 Å². The molecule has 0 N–H and O–H groups in total. The van der Waals surface area contributed by atoms with Gasteiger partial charge in [0.1, 0.15) is 0 Å². The number of nitrogens with zero attached hydrogens (tertiary/aromatic N) is 5. The van der Waals surface area contributed by atoms with E-state index < -0.39 is 0 Å². The molecule has 2 heterocycles. The fraction of sp³-hybridized carbons (Fsp3) is 0.500. The van der Waals surface area contributed by atoms with Crippen molar-refractivity contribution in [2.24, 2.45) is 14.1 Å². The van der Waals surface area contributed by atoms with Crippen LogP contribution in [0.25, 0.3) is 11.2 Å². The smallest absolute Gasteiger partial charge is 0.332 e. The van der Waals surface area contributed by atoms with Crippen molar-refractivity contribution < 1.29 is 0 Å². The van der Waals surface area contributed by atoms with Gasteiger partial charge in [0.05, 0.1) is 0 Å². The quantitative estimate of drug-likeness (QED) is 0.751. The van der Waals surface area contributed by atoms with Crippen LogP contribution in [-0.2, 0) is 20.6 Å². The largest absolute Gasteiger partial charge is 0.343 e. The number of imidazole rings is 1. The molecule has 0 spiro atoms. The van der Waals surface area contributed by atoms with Gasteiger partial charge in [-0.2, -0.15) is 4.98 Å². The minimum Gasteiger partial charge on any atom is -0.343 e. The zero-order valence-electron chi connectivity index (χ0n) is 13.0. The lowest BCUT2D eigenvalue weighted by Crippen LogP contribution is -2.37. The number of fused-ring (bicyclic) bond motifs is 1. The molecule has 0 atom stereocenters. The molecule has 7 heteroatoms. The van der Waals surface area contributed by atoms with Crippen molar-refractivity contribution in [1.29, 1.82) is 0 Å². The summed E-state index contributed by atoms with van der Waals surface area (Å²) >= 11 is 0. The molecule has 0 saturated heterocycles. The van der Waals surface area contributed by atoms with E-state index in [2.05, 4.69) is 11.6 Å². The van der Waals surface area contributed by atoms with Crippen LogP contribution in [0.5, 0.6) is 0 Å². The number of allylic oxidation sites excluding steroid dienone is 1. The van der Waals surface area contributed by atoms with E-state index in [4.69, 9.17) is 0 Å². The topological polar surface area (TPSA) is 65.1 Å². The molecule has 0 bridgehead atoms. The Balaban J connectivity index is 2.96. The standard InChI is InChI=1S/C14H21N5O2/c1-6-9-19-10-11(15-13(19)18(7-2)8-3)16(4)14(21)17(5)12(10)20/h6H,1,7-9H2,2-5H3. The molecule has 2 aromatic heterocycles. The zero-order chi connectivity index (χ0) is 15.7. The third-order valence-corrected chi connectivity index (χ3v) is 3.69. The Bertz CT molecular complexity index is 792. The molecule has 0 unspecified atom stereocenters. The van der Waals surface area contributed by atoms with Gasteiger partial charge in [-0.1, -0.05) is 6.08 Å². The van der Waals surface area contributed by atoms with Crippen molar-refractivity contribution in [2.45, 2.75) is 20.4 Å². The molecule has 0 radical (unpaired) electrons. The summed E-state index contributed by atoms with van der Waals surface area (Å²) in [4.78, 5) is 31.1. The molecule has 7 nitrogen and oxygen atoms in total. The monoisotopic (exact) mass is 291 g/mol. The van der Waals surface area contributed by atoms with Crippen LogP contribution in [-0.4, -0.2) is 31.8 Å². The van der Waals surface area contributed by atoms with Crippen LogP contribution in [0.1, 0.15) is 13.8 Å². The molecule has 114 valence electrons. The molecule has 21 heavy (non-hydrogen) atoms. The number of aryl methyl sites for hydroxylation is 1. The van der Waals surface area contributed by atoms with Crippen LogP contribution in [0.15, 0.2) is 22.2 Å². The second-order valence-electron chi connectivity index (χ2n) is 4.86. The van der Waals surface area contributed by atoms with E-state index >= 15 is 0 Å². The van der Waals surface area contributed by atoms with Gasteiger partial charge in [-0.15, -0.1) is 6.58 Å². The van der Waals surface area contributed by atoms with E-state index in [0.717, 1.165) is 17.7 Å². The predicted octanol–water partition coefficient (Wildman–Crippen LogP) is 0.466. The Labute approximate surface area is 122 Å². The van der Waals surface area contributed by atoms with Crippen molar-refractivity contribution in [3.05, 3.63) is 33.5 Å². The van der Waals surface area contributed by atoms with E-state index in [0.29, 0.717) is 23.7 Å². The van der Waals surface area contributed by atoms with Crippen molar-refractivity contribution in [3.8, 4) is 0 Å². The van der Waals surface area contributed by atoms with Crippen molar-refractivity contribution in [3.63, 3.8) is 0 Å². The van der Waals surface area contributed by atoms with E-state index in [1.807, 2.05) is 23.3 Å². The molecule has 0 aliphatic rings. The number of hydrogen-bond donors (Lipinski definition) is 0. The van der Waals surface area contributed by atoms with Crippen molar-refractivity contribution >= 4 is 17.1 Å². The molecule has 2 aromatic rings. The molecule has 0 aliphatic carbocycles. The lowest BCUT2D eigenvalue weighted by molar-refractivity contribution is 0.702. The number of hydrogen-bond acceptors (Lipinski definition) is 4. The van der Waals surface area contributed by atoms with Gasteiger partial charge in [-0.25, -0.2) is 4.79 Å². The average Bonchev–Trinajstić information content (AvgIpc) is 2.84. The first-order chi connectivity index (χ1) is 9.97. The van der Waals surface area contributed by atoms with Crippen LogP contribution in [0.2, 0.25) is 0 Å². The molecule has 0 aromatic carbocycles. The van der Waals surface area contributed by atoms with Gasteiger partial charge in [0.15, 0.2) is 11.2 Å². The summed E-state index contributed by atoms with van der Waals surface area (Å²) in [5.41, 5.74) is 0.135. The highest BCUT2D eigenvalue weighted by atomic mass is 16.2. The second-order valence-corrected chi connectivity index (χ2v) is 4.86. The van der Waals surface area contributed by atoms with Gasteiger partial charge in [0, 0.05) is 33.7 Å². The fourth-order valence-corrected chi connectivity index (χ4v) is 2.48. The van der Waals surface area contributed by atoms with E-state index in [9.17, 15) is 9.59 Å². The summed E-state index contributed by atoms with van der Waals surface area (Å²) in [5, 5.41) is 0. The average molecular weight is 291 g/mol. The Kier molecular flexibility index (Phi) is 4.02. The first-order valence-corrected chi connectivity index (χ1v) is 6.99. The first-order valence-electron chi connectivity index (χ1n) is 6.99. The summed E-state index contributed by atoms with van der Waals surface area (Å²) in [6, 6.07) is 0. The first kappa shape index (κ1) is 15.1. The zero-order valence-corrected chi connectivity index (χ0v) is 13.0. The van der Waals surface area contributed by atoms with Gasteiger partial charge in [-0.3, -0.25) is 13.9 Å². The lowest BCUT2D eigenvalue weighted by Gasteiger charge is -2.20. The van der Waals surface area contributed by atoms with Crippen LogP contribution >= 0.6 is 0 Å². The highest BCUT2D eigenvalue weighted by Gasteiger charge is 2.20. The minimum atomic E-state index is -0.373. The summed E-state index contributed by atoms with van der Waals surface area (Å²) in [7, 11) is 3.10. The molecule has 0 fully saturated rings. The molecule has 2 rings (SSSR count). The van der Waals surface area contributed by atoms with Crippen LogP contribution in [0, 0.1) is 0 Å². The summed E-state index contributed by atoms with van der Waals surface area (Å²) in [6.45, 7) is 9.80. The fourth-order valence-electron chi connectivity index (χ4n) is 2.48. The molecule has 0 amide bonds. The highest BCUT2D eigenvalue weighted by molar-refractivity contribution is 5.74. The summed E-state index contributed by atoms with van der Waals surface area (Å²) < 4.78 is 4.33. The molecular weight excluding hydrogens is 270 g/mol. The third kappa shape index (κ3) is 2.18. The predicted molar refractivity (Wildman–Crippen MR) is 84.0 cm³/mol. The number of anilines is 1. The SMILES string of the molecule is C=CCn1c(N(CC)CC)nc2c1c(=O)n(C)c(=O)n2C. The molecule has 0 saturated carbocycles. The van der Waals surface area contributed by atoms with Crippen LogP contribution < -0.4 is 16.1 Å². The van der Waals surface area contributed by atoms with Crippen molar-refractivity contribution in [2.75, 3.05) is 18.0 Å². The second kappa shape index (κ2) is 5.59. The number of aromatic nitrogens is 4. The highest BCUT2D eigenvalue weighted by Crippen LogP contribution is 2.19. The third-order valence-electron chi connectivity index (χ3n) is 3.69. The summed E-state index contributed by atoms with van der Waals surface area (Å²) in [6.07, 6.45) is 1.72. The van der Waals surface area contributed by atoms with E-state index in [1.165, 1.54) is 11.6 Å². The Morgan fingerprint density at radius 2 is 1.81 bits per heavy atom. The Morgan fingerprint density at radius 1 is 1.19 bits per heavy atom. The van der Waals surface area contributed by atoms with Gasteiger partial charge in [0.2, 0.25) is 5.95 Å². The maximum Gasteiger partial charge on any atom is 0.332 e. The normalized spacial score (nSPS) is 11.0. The van der Waals surface area contributed by atoms with Gasteiger partial charge in [0.25, 0.3) is 5.56 Å². The van der Waals surface area contributed by atoms with Crippen molar-refractivity contribution in [1.82, 2.24) is 18.7 Å².